The molecule has 1 aromatic rings. The van der Waals surface area contributed by atoms with Gasteiger partial charge in [0.1, 0.15) is 0 Å². The van der Waals surface area contributed by atoms with Gasteiger partial charge >= 0.3 is 0 Å². The topological polar surface area (TPSA) is 29.3 Å². The number of thiophene rings is 1. The highest BCUT2D eigenvalue weighted by Gasteiger charge is 2.26. The molecule has 14 heavy (non-hydrogen) atoms. The maximum absolute atomic E-state index is 5.67. The molecule has 78 valence electrons. The second-order valence-corrected chi connectivity index (χ2v) is 5.12. The third-order valence-electron chi connectivity index (χ3n) is 2.96. The zero-order valence-corrected chi connectivity index (χ0v) is 9.52. The SMILES string of the molecule is CCc1ccc(CN2CCC2CN)s1. The van der Waals surface area contributed by atoms with Gasteiger partial charge in [-0.2, -0.15) is 0 Å². The van der Waals surface area contributed by atoms with Gasteiger partial charge in [-0.05, 0) is 25.0 Å². The summed E-state index contributed by atoms with van der Waals surface area (Å²) in [6.45, 7) is 5.35. The quantitative estimate of drug-likeness (QED) is 0.821. The average molecular weight is 210 g/mol. The van der Waals surface area contributed by atoms with Crippen LogP contribution in [0.1, 0.15) is 23.1 Å². The van der Waals surface area contributed by atoms with Crippen molar-refractivity contribution in [2.45, 2.75) is 32.4 Å². The number of hydrogen-bond acceptors (Lipinski definition) is 3. The van der Waals surface area contributed by atoms with Crippen molar-refractivity contribution in [2.75, 3.05) is 13.1 Å². The van der Waals surface area contributed by atoms with E-state index in [-0.39, 0.29) is 0 Å². The van der Waals surface area contributed by atoms with Crippen molar-refractivity contribution >= 4 is 11.3 Å². The molecule has 1 unspecified atom stereocenters. The van der Waals surface area contributed by atoms with Crippen LogP contribution in [0, 0.1) is 0 Å². The molecule has 1 aliphatic rings. The monoisotopic (exact) mass is 210 g/mol. The Balaban J connectivity index is 1.90. The summed E-state index contributed by atoms with van der Waals surface area (Å²) < 4.78 is 0. The van der Waals surface area contributed by atoms with Crippen LogP contribution in [0.3, 0.4) is 0 Å². The van der Waals surface area contributed by atoms with Gasteiger partial charge in [0.25, 0.3) is 0 Å². The van der Waals surface area contributed by atoms with Gasteiger partial charge in [0.2, 0.25) is 0 Å². The summed E-state index contributed by atoms with van der Waals surface area (Å²) >= 11 is 1.94. The second kappa shape index (κ2) is 4.43. The first-order valence-corrected chi connectivity index (χ1v) is 6.17. The summed E-state index contributed by atoms with van der Waals surface area (Å²) in [6.07, 6.45) is 2.44. The number of aryl methyl sites for hydroxylation is 1. The van der Waals surface area contributed by atoms with E-state index in [0.29, 0.717) is 6.04 Å². The van der Waals surface area contributed by atoms with Gasteiger partial charge in [0, 0.05) is 35.4 Å². The van der Waals surface area contributed by atoms with Crippen molar-refractivity contribution in [2.24, 2.45) is 5.73 Å². The maximum Gasteiger partial charge on any atom is 0.0331 e. The molecule has 0 radical (unpaired) electrons. The normalized spacial score (nSPS) is 22.3. The first kappa shape index (κ1) is 10.1. The van der Waals surface area contributed by atoms with Gasteiger partial charge in [-0.3, -0.25) is 4.90 Å². The van der Waals surface area contributed by atoms with Crippen molar-refractivity contribution in [3.63, 3.8) is 0 Å². The van der Waals surface area contributed by atoms with Gasteiger partial charge in [-0.15, -0.1) is 11.3 Å². The lowest BCUT2D eigenvalue weighted by molar-refractivity contribution is 0.0894. The van der Waals surface area contributed by atoms with Gasteiger partial charge in [-0.25, -0.2) is 0 Å². The molecule has 0 aliphatic carbocycles. The molecule has 1 fully saturated rings. The molecule has 2 rings (SSSR count). The van der Waals surface area contributed by atoms with E-state index in [2.05, 4.69) is 24.0 Å². The molecule has 0 bridgehead atoms. The Labute approximate surface area is 89.7 Å². The Morgan fingerprint density at radius 1 is 1.50 bits per heavy atom. The van der Waals surface area contributed by atoms with Crippen LogP contribution in [0.2, 0.25) is 0 Å². The Kier molecular flexibility index (Phi) is 3.21. The highest BCUT2D eigenvalue weighted by atomic mass is 32.1. The zero-order chi connectivity index (χ0) is 9.97. The Bertz CT molecular complexity index is 293. The predicted octanol–water partition coefficient (Wildman–Crippen LogP) is 1.84. The summed E-state index contributed by atoms with van der Waals surface area (Å²) in [4.78, 5) is 5.45. The fraction of sp³-hybridized carbons (Fsp3) is 0.636. The van der Waals surface area contributed by atoms with E-state index in [9.17, 15) is 0 Å². The standard InChI is InChI=1S/C11H18N2S/c1-2-10-3-4-11(14-10)8-13-6-5-9(13)7-12/h3-4,9H,2,5-8,12H2,1H3. The van der Waals surface area contributed by atoms with Crippen LogP contribution in [0.25, 0.3) is 0 Å². The van der Waals surface area contributed by atoms with Crippen molar-refractivity contribution in [1.82, 2.24) is 4.90 Å². The maximum atomic E-state index is 5.67. The lowest BCUT2D eigenvalue weighted by Gasteiger charge is -2.40. The number of nitrogens with zero attached hydrogens (tertiary/aromatic N) is 1. The summed E-state index contributed by atoms with van der Waals surface area (Å²) in [5, 5.41) is 0. The molecule has 1 atom stereocenters. The Morgan fingerprint density at radius 3 is 2.79 bits per heavy atom. The number of hydrogen-bond donors (Lipinski definition) is 1. The first-order valence-electron chi connectivity index (χ1n) is 5.35. The Hall–Kier alpha value is -0.380. The third kappa shape index (κ3) is 2.00. The lowest BCUT2D eigenvalue weighted by Crippen LogP contribution is -2.50. The molecule has 2 heterocycles. The Morgan fingerprint density at radius 2 is 2.29 bits per heavy atom. The number of rotatable bonds is 4. The minimum absolute atomic E-state index is 0.641. The fourth-order valence-corrected chi connectivity index (χ4v) is 2.85. The summed E-state index contributed by atoms with van der Waals surface area (Å²) in [5.74, 6) is 0. The van der Waals surface area contributed by atoms with Crippen LogP contribution in [0.5, 0.6) is 0 Å². The third-order valence-corrected chi connectivity index (χ3v) is 4.18. The molecule has 0 amide bonds. The van der Waals surface area contributed by atoms with E-state index < -0.39 is 0 Å². The lowest BCUT2D eigenvalue weighted by atomic mass is 10.0. The van der Waals surface area contributed by atoms with Crippen molar-refractivity contribution in [1.29, 1.82) is 0 Å². The van der Waals surface area contributed by atoms with Crippen LogP contribution in [0.4, 0.5) is 0 Å². The van der Waals surface area contributed by atoms with Gasteiger partial charge in [0.05, 0.1) is 0 Å². The highest BCUT2D eigenvalue weighted by Crippen LogP contribution is 2.24. The molecule has 2 N–H and O–H groups in total. The largest absolute Gasteiger partial charge is 0.329 e. The molecule has 0 aromatic carbocycles. The van der Waals surface area contributed by atoms with Crippen LogP contribution in [0.15, 0.2) is 12.1 Å². The smallest absolute Gasteiger partial charge is 0.0331 e. The molecule has 1 aromatic heterocycles. The molecule has 1 saturated heterocycles. The van der Waals surface area contributed by atoms with Gasteiger partial charge in [0.15, 0.2) is 0 Å². The van der Waals surface area contributed by atoms with E-state index >= 15 is 0 Å². The summed E-state index contributed by atoms with van der Waals surface area (Å²) in [6, 6.07) is 5.15. The molecule has 1 aliphatic heterocycles. The molecule has 0 spiro atoms. The predicted molar refractivity (Wildman–Crippen MR) is 61.6 cm³/mol. The van der Waals surface area contributed by atoms with E-state index in [1.807, 2.05) is 11.3 Å². The van der Waals surface area contributed by atoms with E-state index in [4.69, 9.17) is 5.73 Å². The number of nitrogens with two attached hydrogens (primary N) is 1. The van der Waals surface area contributed by atoms with Crippen molar-refractivity contribution in [3.05, 3.63) is 21.9 Å². The first-order chi connectivity index (χ1) is 6.83. The van der Waals surface area contributed by atoms with Crippen LogP contribution in [-0.2, 0) is 13.0 Å². The van der Waals surface area contributed by atoms with Crippen LogP contribution >= 0.6 is 11.3 Å². The van der Waals surface area contributed by atoms with Crippen molar-refractivity contribution < 1.29 is 0 Å². The fourth-order valence-electron chi connectivity index (χ4n) is 1.87. The van der Waals surface area contributed by atoms with Gasteiger partial charge in [-0.1, -0.05) is 6.92 Å². The molecule has 0 saturated carbocycles. The van der Waals surface area contributed by atoms with Crippen LogP contribution in [-0.4, -0.2) is 24.0 Å². The molecule has 3 heteroatoms. The second-order valence-electron chi connectivity index (χ2n) is 3.87. The minimum atomic E-state index is 0.641. The van der Waals surface area contributed by atoms with Gasteiger partial charge < -0.3 is 5.73 Å². The molecular weight excluding hydrogens is 192 g/mol. The summed E-state index contributed by atoms with van der Waals surface area (Å²) in [5.41, 5.74) is 5.67. The van der Waals surface area contributed by atoms with E-state index in [1.54, 1.807) is 0 Å². The van der Waals surface area contributed by atoms with E-state index in [1.165, 1.54) is 22.7 Å². The molecule has 2 nitrogen and oxygen atoms in total. The highest BCUT2D eigenvalue weighted by molar-refractivity contribution is 7.11. The van der Waals surface area contributed by atoms with Crippen LogP contribution < -0.4 is 5.73 Å². The minimum Gasteiger partial charge on any atom is -0.329 e. The number of likely N-dealkylation sites (tertiary alicyclic amines) is 1. The summed E-state index contributed by atoms with van der Waals surface area (Å²) in [7, 11) is 0. The average Bonchev–Trinajstić information content (AvgIpc) is 2.61. The molecular formula is C11H18N2S. The van der Waals surface area contributed by atoms with E-state index in [0.717, 1.165) is 19.5 Å². The van der Waals surface area contributed by atoms with Crippen molar-refractivity contribution in [3.8, 4) is 0 Å². The zero-order valence-electron chi connectivity index (χ0n) is 8.70.